The largest absolute Gasteiger partial charge is 0.494 e. The lowest BCUT2D eigenvalue weighted by Crippen LogP contribution is -2.14. The van der Waals surface area contributed by atoms with Crippen LogP contribution < -0.4 is 10.1 Å². The van der Waals surface area contributed by atoms with Crippen molar-refractivity contribution in [2.45, 2.75) is 6.92 Å². The fraction of sp³-hybridized carbons (Fsp3) is 0.208. The molecule has 0 aliphatic carbocycles. The van der Waals surface area contributed by atoms with E-state index in [2.05, 4.69) is 23.9 Å². The fourth-order valence-electron chi connectivity index (χ4n) is 3.59. The molecule has 1 aromatic heterocycles. The Morgan fingerprint density at radius 1 is 1.12 bits per heavy atom. The Bertz CT molecular complexity index is 1220. The molecule has 3 aromatic rings. The van der Waals surface area contributed by atoms with Crippen LogP contribution in [0.15, 0.2) is 71.3 Å². The number of aliphatic imine (C=N–C) groups is 1. The van der Waals surface area contributed by atoms with E-state index in [1.54, 1.807) is 23.9 Å². The molecule has 1 aliphatic rings. The molecular weight excluding hydrogens is 424 g/mol. The normalized spacial score (nSPS) is 19.2. The maximum absolute atomic E-state index is 12.4. The molecule has 0 radical (unpaired) electrons. The number of hydrogen-bond acceptors (Lipinski definition) is 6. The van der Waals surface area contributed by atoms with Gasteiger partial charge in [-0.05, 0) is 41.7 Å². The predicted molar refractivity (Wildman–Crippen MR) is 131 cm³/mol. The minimum Gasteiger partial charge on any atom is -0.494 e. The molecule has 0 saturated heterocycles. The highest BCUT2D eigenvalue weighted by Gasteiger charge is 2.30. The quantitative estimate of drug-likeness (QED) is 0.507. The van der Waals surface area contributed by atoms with Crippen molar-refractivity contribution in [2.24, 2.45) is 4.99 Å². The first-order valence-corrected chi connectivity index (χ1v) is 12.5. The molecule has 0 amide bonds. The van der Waals surface area contributed by atoms with E-state index >= 15 is 0 Å². The van der Waals surface area contributed by atoms with E-state index in [0.29, 0.717) is 22.8 Å². The maximum atomic E-state index is 12.4. The molecular formula is C24H26N4O3S. The van der Waals surface area contributed by atoms with Crippen molar-refractivity contribution in [2.75, 3.05) is 31.5 Å². The molecule has 0 spiro atoms. The second kappa shape index (κ2) is 8.92. The Morgan fingerprint density at radius 3 is 2.62 bits per heavy atom. The van der Waals surface area contributed by atoms with Gasteiger partial charge in [0.25, 0.3) is 0 Å². The number of rotatable bonds is 7. The molecule has 8 heteroatoms. The number of methoxy groups -OCH3 is 2. The Morgan fingerprint density at radius 2 is 1.88 bits per heavy atom. The van der Waals surface area contributed by atoms with E-state index in [-0.39, 0.29) is 0 Å². The summed E-state index contributed by atoms with van der Waals surface area (Å²) in [6, 6.07) is 14.9. The van der Waals surface area contributed by atoms with Gasteiger partial charge in [-0.3, -0.25) is 0 Å². The van der Waals surface area contributed by atoms with Crippen LogP contribution in [0.1, 0.15) is 22.8 Å². The molecule has 1 unspecified atom stereocenters. The summed E-state index contributed by atoms with van der Waals surface area (Å²) in [5, 5.41) is 11.3. The zero-order valence-corrected chi connectivity index (χ0v) is 19.3. The van der Waals surface area contributed by atoms with E-state index in [1.807, 2.05) is 48.8 Å². The molecule has 0 bridgehead atoms. The van der Waals surface area contributed by atoms with Crippen LogP contribution in [0.3, 0.4) is 0 Å². The molecule has 1 atom stereocenters. The van der Waals surface area contributed by atoms with Gasteiger partial charge >= 0.3 is 5.97 Å². The average Bonchev–Trinajstić information content (AvgIpc) is 3.42. The molecule has 32 heavy (non-hydrogen) atoms. The lowest BCUT2D eigenvalue weighted by atomic mass is 10.1. The van der Waals surface area contributed by atoms with Crippen molar-refractivity contribution in [1.82, 2.24) is 9.78 Å². The van der Waals surface area contributed by atoms with Crippen LogP contribution in [-0.2, 0) is 4.74 Å². The van der Waals surface area contributed by atoms with Gasteiger partial charge in [0.2, 0.25) is 0 Å². The van der Waals surface area contributed by atoms with Gasteiger partial charge in [-0.15, -0.1) is 0 Å². The molecule has 0 fully saturated rings. The van der Waals surface area contributed by atoms with Crippen LogP contribution in [-0.4, -0.2) is 47.0 Å². The number of esters is 1. The van der Waals surface area contributed by atoms with Crippen LogP contribution in [0.4, 0.5) is 11.5 Å². The Hall–Kier alpha value is -3.52. The highest BCUT2D eigenvalue weighted by molar-refractivity contribution is 8.47. The second-order valence-electron chi connectivity index (χ2n) is 7.32. The number of hydrogen-bond donors (Lipinski definition) is 1. The average molecular weight is 451 g/mol. The van der Waals surface area contributed by atoms with Crippen molar-refractivity contribution in [3.05, 3.63) is 77.5 Å². The number of nitrogens with zero attached hydrogens (tertiary/aromatic N) is 3. The summed E-state index contributed by atoms with van der Waals surface area (Å²) in [6.45, 7) is 2.17. The number of carbonyl (C=O) groups excluding carboxylic acids is 1. The lowest BCUT2D eigenvalue weighted by Gasteiger charge is -2.29. The summed E-state index contributed by atoms with van der Waals surface area (Å²) in [5.74, 6) is 1.95. The first kappa shape index (κ1) is 21.7. The number of ether oxygens (including phenoxy) is 2. The van der Waals surface area contributed by atoms with Crippen LogP contribution in [0.25, 0.3) is 5.69 Å². The van der Waals surface area contributed by atoms with Crippen molar-refractivity contribution >= 4 is 32.5 Å². The zero-order valence-electron chi connectivity index (χ0n) is 18.5. The number of aromatic nitrogens is 2. The smallest absolute Gasteiger partial charge is 0.339 e. The summed E-state index contributed by atoms with van der Waals surface area (Å²) in [6.07, 6.45) is 5.94. The molecule has 7 nitrogen and oxygen atoms in total. The van der Waals surface area contributed by atoms with Gasteiger partial charge in [0.05, 0.1) is 42.3 Å². The van der Waals surface area contributed by atoms with Crippen LogP contribution in [0.5, 0.6) is 5.75 Å². The third kappa shape index (κ3) is 3.78. The molecule has 166 valence electrons. The topological polar surface area (TPSA) is 77.7 Å². The number of benzene rings is 2. The van der Waals surface area contributed by atoms with E-state index in [1.165, 1.54) is 7.11 Å². The Labute approximate surface area is 189 Å². The van der Waals surface area contributed by atoms with E-state index in [4.69, 9.17) is 19.6 Å². The molecule has 2 aromatic carbocycles. The number of anilines is 2. The molecule has 4 rings (SSSR count). The number of para-hydroxylation sites is 3. The van der Waals surface area contributed by atoms with Crippen molar-refractivity contribution in [1.29, 1.82) is 0 Å². The van der Waals surface area contributed by atoms with E-state index in [9.17, 15) is 4.79 Å². The standard InChI is InChI=1S/C24H26N4O3S/c1-5-32(4)15-14-25-23(32)18-16-26-28(20-12-8-9-13-21(20)30-2)22(18)27-19-11-7-6-10-17(19)24(29)31-3/h6-16,27H,5H2,1-4H3. The minimum absolute atomic E-state index is 0.415. The molecule has 0 saturated carbocycles. The van der Waals surface area contributed by atoms with Gasteiger partial charge in [-0.2, -0.15) is 15.1 Å². The van der Waals surface area contributed by atoms with Crippen LogP contribution >= 0.6 is 10.0 Å². The molecule has 2 heterocycles. The first-order chi connectivity index (χ1) is 15.5. The maximum Gasteiger partial charge on any atom is 0.339 e. The van der Waals surface area contributed by atoms with Gasteiger partial charge in [-0.1, -0.05) is 31.2 Å². The summed E-state index contributed by atoms with van der Waals surface area (Å²) >= 11 is 0. The van der Waals surface area contributed by atoms with Crippen molar-refractivity contribution in [3.8, 4) is 11.4 Å². The number of nitrogens with one attached hydrogen (secondary N) is 1. The fourth-order valence-corrected chi connectivity index (χ4v) is 5.47. The summed E-state index contributed by atoms with van der Waals surface area (Å²) in [5.41, 5.74) is 2.72. The van der Waals surface area contributed by atoms with Gasteiger partial charge in [0.15, 0.2) is 0 Å². The third-order valence-electron chi connectivity index (χ3n) is 5.49. The lowest BCUT2D eigenvalue weighted by molar-refractivity contribution is 0.0602. The molecule has 1 N–H and O–H groups in total. The minimum atomic E-state index is -1.21. The van der Waals surface area contributed by atoms with Crippen LogP contribution in [0.2, 0.25) is 0 Å². The molecule has 1 aliphatic heterocycles. The van der Waals surface area contributed by atoms with E-state index < -0.39 is 16.0 Å². The summed E-state index contributed by atoms with van der Waals surface area (Å²) in [7, 11) is 1.79. The summed E-state index contributed by atoms with van der Waals surface area (Å²) in [4.78, 5) is 17.1. The second-order valence-corrected chi connectivity index (χ2v) is 10.9. The van der Waals surface area contributed by atoms with Crippen LogP contribution in [0, 0.1) is 0 Å². The predicted octanol–water partition coefficient (Wildman–Crippen LogP) is 5.10. The highest BCUT2D eigenvalue weighted by atomic mass is 32.3. The van der Waals surface area contributed by atoms with Gasteiger partial charge in [0.1, 0.15) is 17.3 Å². The zero-order chi connectivity index (χ0) is 22.7. The monoisotopic (exact) mass is 450 g/mol. The van der Waals surface area contributed by atoms with E-state index in [0.717, 1.165) is 22.0 Å². The number of carbonyl (C=O) groups is 1. The Balaban J connectivity index is 1.90. The summed E-state index contributed by atoms with van der Waals surface area (Å²) < 4.78 is 12.3. The third-order valence-corrected chi connectivity index (χ3v) is 8.62. The SMILES string of the molecule is CCS1(C)C=CN=C1c1cnn(-c2ccccc2OC)c1Nc1ccccc1C(=O)OC. The Kier molecular flexibility index (Phi) is 6.05. The van der Waals surface area contributed by atoms with Gasteiger partial charge in [0, 0.05) is 6.20 Å². The van der Waals surface area contributed by atoms with Crippen molar-refractivity contribution in [3.63, 3.8) is 0 Å². The first-order valence-electron chi connectivity index (χ1n) is 10.2. The highest BCUT2D eigenvalue weighted by Crippen LogP contribution is 2.53. The van der Waals surface area contributed by atoms with Gasteiger partial charge < -0.3 is 14.8 Å². The van der Waals surface area contributed by atoms with Crippen molar-refractivity contribution < 1.29 is 14.3 Å². The van der Waals surface area contributed by atoms with Gasteiger partial charge in [-0.25, -0.2) is 14.5 Å².